The van der Waals surface area contributed by atoms with Crippen molar-refractivity contribution in [2.75, 3.05) is 13.2 Å². The first kappa shape index (κ1) is 15.3. The van der Waals surface area contributed by atoms with Gasteiger partial charge in [-0.05, 0) is 30.5 Å². The van der Waals surface area contributed by atoms with Gasteiger partial charge in [-0.1, -0.05) is 36.5 Å². The normalized spacial score (nSPS) is 12.2. The van der Waals surface area contributed by atoms with Gasteiger partial charge in [-0.15, -0.1) is 0 Å². The Morgan fingerprint density at radius 1 is 1.44 bits per heavy atom. The lowest BCUT2D eigenvalue weighted by molar-refractivity contribution is 0.0943. The van der Waals surface area contributed by atoms with E-state index in [0.29, 0.717) is 28.6 Å². The molecule has 0 saturated heterocycles. The van der Waals surface area contributed by atoms with Gasteiger partial charge in [0.25, 0.3) is 5.91 Å². The molecule has 0 radical (unpaired) electrons. The number of aliphatic hydroxyl groups is 1. The van der Waals surface area contributed by atoms with Crippen LogP contribution in [0.2, 0.25) is 10.0 Å². The predicted molar refractivity (Wildman–Crippen MR) is 74.3 cm³/mol. The summed E-state index contributed by atoms with van der Waals surface area (Å²) in [6.07, 6.45) is 1.60. The minimum atomic E-state index is -0.215. The van der Waals surface area contributed by atoms with Crippen LogP contribution in [-0.2, 0) is 0 Å². The Bertz CT molecular complexity index is 410. The van der Waals surface area contributed by atoms with Crippen LogP contribution < -0.4 is 5.32 Å². The van der Waals surface area contributed by atoms with Crippen LogP contribution in [0.15, 0.2) is 18.2 Å². The minimum Gasteiger partial charge on any atom is -0.396 e. The lowest BCUT2D eigenvalue weighted by Gasteiger charge is -2.14. The van der Waals surface area contributed by atoms with Crippen LogP contribution >= 0.6 is 23.2 Å². The third-order valence-corrected chi connectivity index (χ3v) is 3.39. The summed E-state index contributed by atoms with van der Waals surface area (Å²) in [7, 11) is 0. The number of halogens is 2. The van der Waals surface area contributed by atoms with Crippen LogP contribution in [0.3, 0.4) is 0 Å². The van der Waals surface area contributed by atoms with Crippen molar-refractivity contribution in [1.82, 2.24) is 5.32 Å². The molecule has 1 aromatic rings. The van der Waals surface area contributed by atoms with Crippen molar-refractivity contribution in [1.29, 1.82) is 0 Å². The molecule has 3 nitrogen and oxygen atoms in total. The van der Waals surface area contributed by atoms with Gasteiger partial charge in [0.05, 0.1) is 10.6 Å². The maximum absolute atomic E-state index is 11.9. The zero-order chi connectivity index (χ0) is 13.5. The van der Waals surface area contributed by atoms with E-state index < -0.39 is 0 Å². The number of carbonyl (C=O) groups is 1. The summed E-state index contributed by atoms with van der Waals surface area (Å²) < 4.78 is 0. The van der Waals surface area contributed by atoms with Crippen LogP contribution in [0.25, 0.3) is 0 Å². The second-order valence-corrected chi connectivity index (χ2v) is 4.96. The number of hydrogen-bond donors (Lipinski definition) is 2. The second-order valence-electron chi connectivity index (χ2n) is 4.12. The molecule has 1 amide bonds. The maximum atomic E-state index is 11.9. The zero-order valence-electron chi connectivity index (χ0n) is 10.2. The molecule has 0 aromatic heterocycles. The molecule has 5 heteroatoms. The molecule has 0 aliphatic rings. The Morgan fingerprint density at radius 3 is 2.72 bits per heavy atom. The van der Waals surface area contributed by atoms with Crippen LogP contribution in [-0.4, -0.2) is 24.2 Å². The molecular weight excluding hydrogens is 273 g/mol. The number of amides is 1. The molecule has 0 fully saturated rings. The van der Waals surface area contributed by atoms with Crippen molar-refractivity contribution >= 4 is 29.1 Å². The van der Waals surface area contributed by atoms with E-state index in [0.717, 1.165) is 6.42 Å². The summed E-state index contributed by atoms with van der Waals surface area (Å²) in [4.78, 5) is 11.9. The van der Waals surface area contributed by atoms with E-state index in [-0.39, 0.29) is 18.4 Å². The number of benzene rings is 1. The lowest BCUT2D eigenvalue weighted by atomic mass is 10.0. The third-order valence-electron chi connectivity index (χ3n) is 2.84. The molecule has 1 rings (SSSR count). The number of hydrogen-bond acceptors (Lipinski definition) is 2. The van der Waals surface area contributed by atoms with Gasteiger partial charge in [0.15, 0.2) is 0 Å². The Labute approximate surface area is 117 Å². The van der Waals surface area contributed by atoms with Crippen molar-refractivity contribution in [3.05, 3.63) is 33.8 Å². The van der Waals surface area contributed by atoms with E-state index in [1.54, 1.807) is 18.2 Å². The molecule has 1 atom stereocenters. The summed E-state index contributed by atoms with van der Waals surface area (Å²) >= 11 is 11.7. The Kier molecular flexibility index (Phi) is 6.47. The summed E-state index contributed by atoms with van der Waals surface area (Å²) in [5.41, 5.74) is 0.417. The SMILES string of the molecule is CCC(CCO)CNC(=O)c1ccc(Cl)cc1Cl. The predicted octanol–water partition coefficient (Wildman–Crippen LogP) is 3.13. The molecule has 0 saturated carbocycles. The first-order valence-corrected chi connectivity index (χ1v) is 6.68. The highest BCUT2D eigenvalue weighted by Gasteiger charge is 2.12. The molecule has 100 valence electrons. The monoisotopic (exact) mass is 289 g/mol. The Hall–Kier alpha value is -0.770. The first-order chi connectivity index (χ1) is 8.58. The largest absolute Gasteiger partial charge is 0.396 e. The smallest absolute Gasteiger partial charge is 0.252 e. The topological polar surface area (TPSA) is 49.3 Å². The number of nitrogens with one attached hydrogen (secondary N) is 1. The van der Waals surface area contributed by atoms with Crippen molar-refractivity contribution < 1.29 is 9.90 Å². The van der Waals surface area contributed by atoms with Gasteiger partial charge in [0.2, 0.25) is 0 Å². The lowest BCUT2D eigenvalue weighted by Crippen LogP contribution is -2.29. The van der Waals surface area contributed by atoms with E-state index in [1.165, 1.54) is 0 Å². The van der Waals surface area contributed by atoms with Gasteiger partial charge in [-0.2, -0.15) is 0 Å². The standard InChI is InChI=1S/C13H17Cl2NO2/c1-2-9(5-6-17)8-16-13(18)11-4-3-10(14)7-12(11)15/h3-4,7,9,17H,2,5-6,8H2,1H3,(H,16,18). The van der Waals surface area contributed by atoms with E-state index in [1.807, 2.05) is 6.92 Å². The second kappa shape index (κ2) is 7.62. The highest BCUT2D eigenvalue weighted by atomic mass is 35.5. The van der Waals surface area contributed by atoms with Crippen molar-refractivity contribution in [2.45, 2.75) is 19.8 Å². The Morgan fingerprint density at radius 2 is 2.17 bits per heavy atom. The fourth-order valence-corrected chi connectivity index (χ4v) is 2.13. The molecule has 0 heterocycles. The zero-order valence-corrected chi connectivity index (χ0v) is 11.8. The molecule has 0 spiro atoms. The third kappa shape index (κ3) is 4.48. The molecule has 0 aliphatic heterocycles. The maximum Gasteiger partial charge on any atom is 0.252 e. The summed E-state index contributed by atoms with van der Waals surface area (Å²) in [5.74, 6) is 0.0677. The van der Waals surface area contributed by atoms with E-state index in [4.69, 9.17) is 28.3 Å². The van der Waals surface area contributed by atoms with Crippen LogP contribution in [0.5, 0.6) is 0 Å². The molecule has 2 N–H and O–H groups in total. The molecule has 1 unspecified atom stereocenters. The summed E-state index contributed by atoms with van der Waals surface area (Å²) in [6.45, 7) is 2.70. The summed E-state index contributed by atoms with van der Waals surface area (Å²) in [5, 5.41) is 12.5. The quantitative estimate of drug-likeness (QED) is 0.845. The van der Waals surface area contributed by atoms with E-state index in [2.05, 4.69) is 5.32 Å². The van der Waals surface area contributed by atoms with E-state index in [9.17, 15) is 4.79 Å². The number of aliphatic hydroxyl groups excluding tert-OH is 1. The average molecular weight is 290 g/mol. The molecule has 0 aliphatic carbocycles. The van der Waals surface area contributed by atoms with Crippen molar-refractivity contribution in [2.24, 2.45) is 5.92 Å². The van der Waals surface area contributed by atoms with Gasteiger partial charge in [0.1, 0.15) is 0 Å². The van der Waals surface area contributed by atoms with E-state index >= 15 is 0 Å². The fraction of sp³-hybridized carbons (Fsp3) is 0.462. The number of carbonyl (C=O) groups excluding carboxylic acids is 1. The Balaban J connectivity index is 2.59. The minimum absolute atomic E-state index is 0.135. The van der Waals surface area contributed by atoms with Crippen LogP contribution in [0, 0.1) is 5.92 Å². The van der Waals surface area contributed by atoms with Gasteiger partial charge in [-0.3, -0.25) is 4.79 Å². The van der Waals surface area contributed by atoms with Crippen molar-refractivity contribution in [3.63, 3.8) is 0 Å². The molecule has 0 bridgehead atoms. The molecule has 18 heavy (non-hydrogen) atoms. The van der Waals surface area contributed by atoms with Crippen LogP contribution in [0.1, 0.15) is 30.1 Å². The number of rotatable bonds is 6. The van der Waals surface area contributed by atoms with Crippen LogP contribution in [0.4, 0.5) is 0 Å². The first-order valence-electron chi connectivity index (χ1n) is 5.92. The molecule has 1 aromatic carbocycles. The summed E-state index contributed by atoms with van der Waals surface area (Å²) in [6, 6.07) is 4.78. The fourth-order valence-electron chi connectivity index (χ4n) is 1.64. The highest BCUT2D eigenvalue weighted by Crippen LogP contribution is 2.20. The average Bonchev–Trinajstić information content (AvgIpc) is 2.34. The van der Waals surface area contributed by atoms with Gasteiger partial charge < -0.3 is 10.4 Å². The van der Waals surface area contributed by atoms with Gasteiger partial charge in [-0.25, -0.2) is 0 Å². The van der Waals surface area contributed by atoms with Gasteiger partial charge in [0, 0.05) is 18.2 Å². The van der Waals surface area contributed by atoms with Gasteiger partial charge >= 0.3 is 0 Å². The molecular formula is C13H17Cl2NO2. The van der Waals surface area contributed by atoms with Crippen molar-refractivity contribution in [3.8, 4) is 0 Å². The highest BCUT2D eigenvalue weighted by molar-refractivity contribution is 6.36.